The molecule has 17 heavy (non-hydrogen) atoms. The van der Waals surface area contributed by atoms with Crippen LogP contribution in [0, 0.1) is 0 Å². The number of ether oxygens (including phenoxy) is 1. The lowest BCUT2D eigenvalue weighted by Gasteiger charge is -2.25. The van der Waals surface area contributed by atoms with E-state index in [1.807, 2.05) is 6.07 Å². The number of nitrogens with zero attached hydrogens (tertiary/aromatic N) is 1. The highest BCUT2D eigenvalue weighted by Gasteiger charge is 2.11. The molecule has 3 rings (SSSR count). The van der Waals surface area contributed by atoms with Crippen molar-refractivity contribution in [3.05, 3.63) is 30.0 Å². The Labute approximate surface area is 99.8 Å². The molecule has 2 aromatic rings. The van der Waals surface area contributed by atoms with Gasteiger partial charge >= 0.3 is 0 Å². The van der Waals surface area contributed by atoms with Crippen LogP contribution in [0.4, 0.5) is 0 Å². The Morgan fingerprint density at radius 3 is 2.88 bits per heavy atom. The number of benzene rings is 1. The molecular weight excluding hydrogens is 216 g/mol. The summed E-state index contributed by atoms with van der Waals surface area (Å²) in [7, 11) is 0. The van der Waals surface area contributed by atoms with Crippen LogP contribution in [-0.4, -0.2) is 41.3 Å². The Morgan fingerprint density at radius 1 is 1.24 bits per heavy atom. The third-order valence-electron chi connectivity index (χ3n) is 3.16. The summed E-state index contributed by atoms with van der Waals surface area (Å²) in [4.78, 5) is 5.75. The Bertz CT molecular complexity index is 515. The van der Waals surface area contributed by atoms with Gasteiger partial charge in [0, 0.05) is 36.2 Å². The second-order valence-corrected chi connectivity index (χ2v) is 4.45. The second kappa shape index (κ2) is 4.39. The summed E-state index contributed by atoms with van der Waals surface area (Å²) in [6.07, 6.45) is 0. The summed E-state index contributed by atoms with van der Waals surface area (Å²) >= 11 is 0. The maximum atomic E-state index is 9.42. The van der Waals surface area contributed by atoms with Gasteiger partial charge in [-0.3, -0.25) is 4.90 Å². The van der Waals surface area contributed by atoms with Crippen LogP contribution in [-0.2, 0) is 11.3 Å². The summed E-state index contributed by atoms with van der Waals surface area (Å²) in [6.45, 7) is 4.53. The number of aromatic amines is 1. The average Bonchev–Trinajstić information content (AvgIpc) is 2.71. The number of nitrogens with one attached hydrogen (secondary N) is 1. The molecule has 90 valence electrons. The van der Waals surface area contributed by atoms with E-state index < -0.39 is 0 Å². The van der Waals surface area contributed by atoms with Gasteiger partial charge in [-0.1, -0.05) is 0 Å². The van der Waals surface area contributed by atoms with Gasteiger partial charge in [0.05, 0.1) is 13.2 Å². The van der Waals surface area contributed by atoms with Crippen molar-refractivity contribution < 1.29 is 9.84 Å². The molecule has 1 aromatic carbocycles. The van der Waals surface area contributed by atoms with Crippen molar-refractivity contribution in [1.82, 2.24) is 9.88 Å². The zero-order valence-corrected chi connectivity index (χ0v) is 9.65. The molecule has 2 heterocycles. The fraction of sp³-hybridized carbons (Fsp3) is 0.385. The summed E-state index contributed by atoms with van der Waals surface area (Å²) < 4.78 is 5.33. The molecule has 0 aliphatic carbocycles. The molecule has 2 N–H and O–H groups in total. The molecule has 1 aliphatic rings. The Balaban J connectivity index is 1.80. The lowest BCUT2D eigenvalue weighted by Crippen LogP contribution is -2.35. The van der Waals surface area contributed by atoms with Crippen molar-refractivity contribution in [1.29, 1.82) is 0 Å². The molecule has 4 heteroatoms. The van der Waals surface area contributed by atoms with E-state index in [1.165, 1.54) is 5.69 Å². The Hall–Kier alpha value is -1.52. The fourth-order valence-corrected chi connectivity index (χ4v) is 2.27. The smallest absolute Gasteiger partial charge is 0.116 e. The number of aromatic nitrogens is 1. The minimum absolute atomic E-state index is 0.314. The van der Waals surface area contributed by atoms with E-state index in [1.54, 1.807) is 12.1 Å². The van der Waals surface area contributed by atoms with Gasteiger partial charge in [-0.15, -0.1) is 0 Å². The maximum Gasteiger partial charge on any atom is 0.116 e. The summed E-state index contributed by atoms with van der Waals surface area (Å²) in [6, 6.07) is 7.50. The van der Waals surface area contributed by atoms with Crippen LogP contribution >= 0.6 is 0 Å². The highest BCUT2D eigenvalue weighted by molar-refractivity contribution is 5.81. The minimum Gasteiger partial charge on any atom is -0.508 e. The van der Waals surface area contributed by atoms with Gasteiger partial charge in [0.2, 0.25) is 0 Å². The van der Waals surface area contributed by atoms with Crippen LogP contribution in [0.15, 0.2) is 24.3 Å². The Morgan fingerprint density at radius 2 is 2.06 bits per heavy atom. The predicted molar refractivity (Wildman–Crippen MR) is 66.1 cm³/mol. The van der Waals surface area contributed by atoms with Crippen molar-refractivity contribution in [3.8, 4) is 5.75 Å². The van der Waals surface area contributed by atoms with Crippen molar-refractivity contribution in [2.75, 3.05) is 26.3 Å². The van der Waals surface area contributed by atoms with Crippen LogP contribution in [0.25, 0.3) is 10.9 Å². The van der Waals surface area contributed by atoms with Gasteiger partial charge < -0.3 is 14.8 Å². The molecule has 0 amide bonds. The monoisotopic (exact) mass is 232 g/mol. The molecule has 1 aromatic heterocycles. The van der Waals surface area contributed by atoms with E-state index in [4.69, 9.17) is 4.74 Å². The first kappa shape index (κ1) is 10.6. The number of phenolic OH excluding ortho intramolecular Hbond substituents is 1. The number of H-pyrrole nitrogens is 1. The van der Waals surface area contributed by atoms with Crippen molar-refractivity contribution >= 4 is 10.9 Å². The number of hydrogen-bond acceptors (Lipinski definition) is 3. The molecule has 0 radical (unpaired) electrons. The van der Waals surface area contributed by atoms with Gasteiger partial charge in [-0.05, 0) is 24.3 Å². The first-order chi connectivity index (χ1) is 8.31. The normalized spacial score (nSPS) is 17.6. The number of aromatic hydroxyl groups is 1. The molecule has 0 spiro atoms. The predicted octanol–water partition coefficient (Wildman–Crippen LogP) is 1.71. The van der Waals surface area contributed by atoms with Gasteiger partial charge in [-0.25, -0.2) is 0 Å². The third-order valence-corrected chi connectivity index (χ3v) is 3.16. The zero-order valence-electron chi connectivity index (χ0n) is 9.65. The number of rotatable bonds is 2. The zero-order chi connectivity index (χ0) is 11.7. The van der Waals surface area contributed by atoms with Gasteiger partial charge in [0.15, 0.2) is 0 Å². The first-order valence-corrected chi connectivity index (χ1v) is 5.92. The van der Waals surface area contributed by atoms with E-state index in [2.05, 4.69) is 16.0 Å². The van der Waals surface area contributed by atoms with Crippen molar-refractivity contribution in [2.24, 2.45) is 0 Å². The van der Waals surface area contributed by atoms with Crippen LogP contribution in [0.3, 0.4) is 0 Å². The topological polar surface area (TPSA) is 48.5 Å². The average molecular weight is 232 g/mol. The van der Waals surface area contributed by atoms with Crippen LogP contribution < -0.4 is 0 Å². The Kier molecular flexibility index (Phi) is 2.74. The van der Waals surface area contributed by atoms with E-state index in [0.717, 1.165) is 43.8 Å². The minimum atomic E-state index is 0.314. The summed E-state index contributed by atoms with van der Waals surface area (Å²) in [5, 5.41) is 10.5. The highest BCUT2D eigenvalue weighted by atomic mass is 16.5. The molecule has 1 fully saturated rings. The lowest BCUT2D eigenvalue weighted by atomic mass is 10.2. The highest BCUT2D eigenvalue weighted by Crippen LogP contribution is 2.21. The quantitative estimate of drug-likeness (QED) is 0.828. The van der Waals surface area contributed by atoms with E-state index in [9.17, 15) is 5.11 Å². The van der Waals surface area contributed by atoms with Gasteiger partial charge in [-0.2, -0.15) is 0 Å². The van der Waals surface area contributed by atoms with E-state index in [0.29, 0.717) is 5.75 Å². The third kappa shape index (κ3) is 2.28. The maximum absolute atomic E-state index is 9.42. The first-order valence-electron chi connectivity index (χ1n) is 5.92. The number of fused-ring (bicyclic) bond motifs is 1. The second-order valence-electron chi connectivity index (χ2n) is 4.45. The molecular formula is C13H16N2O2. The van der Waals surface area contributed by atoms with Crippen molar-refractivity contribution in [3.63, 3.8) is 0 Å². The van der Waals surface area contributed by atoms with Crippen LogP contribution in [0.2, 0.25) is 0 Å². The number of phenols is 1. The largest absolute Gasteiger partial charge is 0.508 e. The van der Waals surface area contributed by atoms with Crippen LogP contribution in [0.1, 0.15) is 5.69 Å². The molecule has 4 nitrogen and oxygen atoms in total. The molecule has 1 saturated heterocycles. The van der Waals surface area contributed by atoms with E-state index >= 15 is 0 Å². The van der Waals surface area contributed by atoms with Gasteiger partial charge in [0.25, 0.3) is 0 Å². The number of morpholine rings is 1. The summed E-state index contributed by atoms with van der Waals surface area (Å²) in [5.41, 5.74) is 2.26. The lowest BCUT2D eigenvalue weighted by molar-refractivity contribution is 0.0337. The van der Waals surface area contributed by atoms with Crippen LogP contribution in [0.5, 0.6) is 5.75 Å². The SMILES string of the molecule is Oc1ccc2[nH]c(CN3CCOCC3)cc2c1. The van der Waals surface area contributed by atoms with Crippen molar-refractivity contribution in [2.45, 2.75) is 6.54 Å². The standard InChI is InChI=1S/C13H16N2O2/c16-12-1-2-13-10(8-12)7-11(14-13)9-15-3-5-17-6-4-15/h1-2,7-8,14,16H,3-6,9H2. The molecule has 1 aliphatic heterocycles. The van der Waals surface area contributed by atoms with Gasteiger partial charge in [0.1, 0.15) is 5.75 Å². The molecule has 0 atom stereocenters. The number of hydrogen-bond donors (Lipinski definition) is 2. The molecule has 0 saturated carbocycles. The molecule has 0 bridgehead atoms. The molecule has 0 unspecified atom stereocenters. The van der Waals surface area contributed by atoms with E-state index in [-0.39, 0.29) is 0 Å². The summed E-state index contributed by atoms with van der Waals surface area (Å²) in [5.74, 6) is 0.314. The fourth-order valence-electron chi connectivity index (χ4n) is 2.27.